The molecule has 1 fully saturated rings. The zero-order chi connectivity index (χ0) is 13.7. The summed E-state index contributed by atoms with van der Waals surface area (Å²) in [6.45, 7) is 0. The third kappa shape index (κ3) is 5.42. The molecule has 2 rings (SSSR count). The Morgan fingerprint density at radius 1 is 1.21 bits per heavy atom. The van der Waals surface area contributed by atoms with Crippen molar-refractivity contribution in [2.45, 2.75) is 25.3 Å². The largest absolute Gasteiger partial charge is 0.353 e. The molecule has 5 heteroatoms. The Morgan fingerprint density at radius 2 is 1.89 bits per heavy atom. The van der Waals surface area contributed by atoms with E-state index < -0.39 is 0 Å². The topological polar surface area (TPSA) is 46.2 Å². The summed E-state index contributed by atoms with van der Waals surface area (Å²) >= 11 is 1.33. The second-order valence-corrected chi connectivity index (χ2v) is 5.66. The normalized spacial score (nSPS) is 14.2. The van der Waals surface area contributed by atoms with Crippen LogP contribution in [0.1, 0.15) is 18.4 Å². The molecule has 0 aliphatic heterocycles. The Balaban J connectivity index is 1.63. The van der Waals surface area contributed by atoms with Gasteiger partial charge in [-0.25, -0.2) is 4.39 Å². The molecule has 0 radical (unpaired) electrons. The molecular weight excluding hydrogens is 265 g/mol. The molecule has 0 spiro atoms. The Hall–Kier alpha value is -1.36. The van der Waals surface area contributed by atoms with Gasteiger partial charge in [-0.3, -0.25) is 9.59 Å². The number of carbonyl (C=O) groups excluding carboxylic acids is 2. The summed E-state index contributed by atoms with van der Waals surface area (Å²) in [6, 6.07) is 6.27. The summed E-state index contributed by atoms with van der Waals surface area (Å²) in [5.74, 6) is 0.390. The molecule has 1 aromatic carbocycles. The predicted octanol–water partition coefficient (Wildman–Crippen LogP) is 1.95. The third-order valence-electron chi connectivity index (χ3n) is 2.75. The lowest BCUT2D eigenvalue weighted by Gasteiger charge is -2.03. The van der Waals surface area contributed by atoms with Gasteiger partial charge in [0, 0.05) is 12.5 Å². The first-order valence-electron chi connectivity index (χ1n) is 6.27. The lowest BCUT2D eigenvalue weighted by Crippen LogP contribution is -2.27. The van der Waals surface area contributed by atoms with Crippen molar-refractivity contribution in [2.24, 2.45) is 0 Å². The van der Waals surface area contributed by atoms with Crippen molar-refractivity contribution in [1.29, 1.82) is 0 Å². The van der Waals surface area contributed by atoms with Crippen molar-refractivity contribution >= 4 is 23.5 Å². The molecular formula is C14H16FNO2S. The Labute approximate surface area is 116 Å². The van der Waals surface area contributed by atoms with Gasteiger partial charge in [-0.2, -0.15) is 0 Å². The van der Waals surface area contributed by atoms with Crippen LogP contribution < -0.4 is 5.32 Å². The molecule has 1 N–H and O–H groups in total. The fourth-order valence-electron chi connectivity index (χ4n) is 1.64. The molecule has 3 nitrogen and oxygen atoms in total. The fourth-order valence-corrected chi connectivity index (χ4v) is 2.34. The van der Waals surface area contributed by atoms with Gasteiger partial charge in [0.1, 0.15) is 11.6 Å². The lowest BCUT2D eigenvalue weighted by molar-refractivity contribution is -0.118. The first kappa shape index (κ1) is 14.1. The van der Waals surface area contributed by atoms with Gasteiger partial charge in [0.15, 0.2) is 0 Å². The maximum atomic E-state index is 12.7. The van der Waals surface area contributed by atoms with E-state index in [4.69, 9.17) is 0 Å². The van der Waals surface area contributed by atoms with Gasteiger partial charge in [0.25, 0.3) is 0 Å². The van der Waals surface area contributed by atoms with Gasteiger partial charge >= 0.3 is 0 Å². The molecule has 1 aromatic rings. The second kappa shape index (κ2) is 6.70. The Bertz CT molecular complexity index is 457. The third-order valence-corrected chi connectivity index (χ3v) is 3.75. The highest BCUT2D eigenvalue weighted by atomic mass is 32.2. The molecule has 0 saturated heterocycles. The van der Waals surface area contributed by atoms with Crippen molar-refractivity contribution in [3.05, 3.63) is 35.6 Å². The standard InChI is InChI=1S/C14H16FNO2S/c15-11-3-1-10(2-4-11)7-13(17)8-19-9-14(18)16-12-5-6-12/h1-4,12H,5-9H2,(H,16,18). The Morgan fingerprint density at radius 3 is 2.53 bits per heavy atom. The quantitative estimate of drug-likeness (QED) is 0.831. The zero-order valence-corrected chi connectivity index (χ0v) is 11.3. The number of ketones is 1. The summed E-state index contributed by atoms with van der Waals surface area (Å²) < 4.78 is 12.7. The highest BCUT2D eigenvalue weighted by Gasteiger charge is 2.22. The fraction of sp³-hybridized carbons (Fsp3) is 0.429. The van der Waals surface area contributed by atoms with E-state index in [-0.39, 0.29) is 23.9 Å². The molecule has 0 bridgehead atoms. The summed E-state index contributed by atoms with van der Waals surface area (Å²) in [4.78, 5) is 23.1. The van der Waals surface area contributed by atoms with Crippen LogP contribution in [0, 0.1) is 5.82 Å². The van der Waals surface area contributed by atoms with Crippen LogP contribution >= 0.6 is 11.8 Å². The maximum absolute atomic E-state index is 12.7. The van der Waals surface area contributed by atoms with E-state index in [2.05, 4.69) is 5.32 Å². The van der Waals surface area contributed by atoms with Crippen LogP contribution in [-0.4, -0.2) is 29.2 Å². The van der Waals surface area contributed by atoms with Crippen molar-refractivity contribution in [3.63, 3.8) is 0 Å². The van der Waals surface area contributed by atoms with Crippen molar-refractivity contribution in [2.75, 3.05) is 11.5 Å². The van der Waals surface area contributed by atoms with E-state index in [0.717, 1.165) is 18.4 Å². The number of carbonyl (C=O) groups is 2. The van der Waals surface area contributed by atoms with Gasteiger partial charge in [-0.05, 0) is 30.5 Å². The van der Waals surface area contributed by atoms with Crippen LogP contribution in [0.5, 0.6) is 0 Å². The van der Waals surface area contributed by atoms with Crippen molar-refractivity contribution in [1.82, 2.24) is 5.32 Å². The SMILES string of the molecule is O=C(CSCC(=O)NC1CC1)Cc1ccc(F)cc1. The van der Waals surface area contributed by atoms with E-state index in [1.807, 2.05) is 0 Å². The molecule has 0 aromatic heterocycles. The zero-order valence-electron chi connectivity index (χ0n) is 10.5. The summed E-state index contributed by atoms with van der Waals surface area (Å²) in [5, 5.41) is 2.87. The minimum absolute atomic E-state index is 0.00193. The van der Waals surface area contributed by atoms with Crippen LogP contribution in [0.15, 0.2) is 24.3 Å². The molecule has 1 aliphatic rings. The van der Waals surface area contributed by atoms with Crippen LogP contribution in [0.4, 0.5) is 4.39 Å². The number of Topliss-reactive ketones (excluding diaryl/α,β-unsaturated/α-hetero) is 1. The van der Waals surface area contributed by atoms with E-state index in [9.17, 15) is 14.0 Å². The highest BCUT2D eigenvalue weighted by molar-refractivity contribution is 8.00. The van der Waals surface area contributed by atoms with E-state index in [0.29, 0.717) is 17.5 Å². The van der Waals surface area contributed by atoms with Gasteiger partial charge in [-0.1, -0.05) is 12.1 Å². The van der Waals surface area contributed by atoms with Gasteiger partial charge < -0.3 is 5.32 Å². The van der Waals surface area contributed by atoms with Crippen LogP contribution in [0.3, 0.4) is 0 Å². The van der Waals surface area contributed by atoms with E-state index in [1.54, 1.807) is 12.1 Å². The number of halogens is 1. The first-order chi connectivity index (χ1) is 9.13. The molecule has 19 heavy (non-hydrogen) atoms. The smallest absolute Gasteiger partial charge is 0.230 e. The van der Waals surface area contributed by atoms with E-state index in [1.165, 1.54) is 23.9 Å². The molecule has 1 saturated carbocycles. The lowest BCUT2D eigenvalue weighted by atomic mass is 10.1. The van der Waals surface area contributed by atoms with Crippen molar-refractivity contribution < 1.29 is 14.0 Å². The van der Waals surface area contributed by atoms with Crippen molar-refractivity contribution in [3.8, 4) is 0 Å². The molecule has 102 valence electrons. The molecule has 1 amide bonds. The average molecular weight is 281 g/mol. The maximum Gasteiger partial charge on any atom is 0.230 e. The van der Waals surface area contributed by atoms with Crippen LogP contribution in [-0.2, 0) is 16.0 Å². The molecule has 0 heterocycles. The first-order valence-corrected chi connectivity index (χ1v) is 7.42. The Kier molecular flexibility index (Phi) is 4.96. The predicted molar refractivity (Wildman–Crippen MR) is 73.6 cm³/mol. The van der Waals surface area contributed by atoms with E-state index >= 15 is 0 Å². The number of hydrogen-bond acceptors (Lipinski definition) is 3. The summed E-state index contributed by atoms with van der Waals surface area (Å²) in [6.07, 6.45) is 2.43. The monoisotopic (exact) mass is 281 g/mol. The van der Waals surface area contributed by atoms with Gasteiger partial charge in [0.05, 0.1) is 11.5 Å². The number of amides is 1. The molecule has 1 aliphatic carbocycles. The van der Waals surface area contributed by atoms with Crippen LogP contribution in [0.2, 0.25) is 0 Å². The number of rotatable bonds is 7. The number of nitrogens with one attached hydrogen (secondary N) is 1. The van der Waals surface area contributed by atoms with Crippen LogP contribution in [0.25, 0.3) is 0 Å². The minimum atomic E-state index is -0.303. The molecule has 0 unspecified atom stereocenters. The minimum Gasteiger partial charge on any atom is -0.353 e. The molecule has 0 atom stereocenters. The summed E-state index contributed by atoms with van der Waals surface area (Å²) in [7, 11) is 0. The average Bonchev–Trinajstić information content (AvgIpc) is 3.16. The van der Waals surface area contributed by atoms with Gasteiger partial charge in [0.2, 0.25) is 5.91 Å². The summed E-state index contributed by atoms with van der Waals surface area (Å²) in [5.41, 5.74) is 0.800. The number of thioether (sulfide) groups is 1. The highest BCUT2D eigenvalue weighted by Crippen LogP contribution is 2.18. The number of hydrogen-bond donors (Lipinski definition) is 1. The van der Waals surface area contributed by atoms with Gasteiger partial charge in [-0.15, -0.1) is 11.8 Å². The second-order valence-electron chi connectivity index (χ2n) is 4.68. The number of benzene rings is 1.